The molecule has 0 spiro atoms. The Morgan fingerprint density at radius 2 is 1.62 bits per heavy atom. The van der Waals surface area contributed by atoms with E-state index in [4.69, 9.17) is 22.1 Å². The van der Waals surface area contributed by atoms with E-state index in [0.717, 1.165) is 11.1 Å². The van der Waals surface area contributed by atoms with Gasteiger partial charge in [-0.15, -0.1) is 0 Å². The Hall–Kier alpha value is -2.59. The predicted octanol–water partition coefficient (Wildman–Crippen LogP) is 4.17. The van der Waals surface area contributed by atoms with Crippen molar-refractivity contribution in [3.05, 3.63) is 65.9 Å². The number of halogens is 1. The van der Waals surface area contributed by atoms with Gasteiger partial charge in [0.05, 0.1) is 23.1 Å². The van der Waals surface area contributed by atoms with E-state index in [-0.39, 0.29) is 6.01 Å². The van der Waals surface area contributed by atoms with Gasteiger partial charge >= 0.3 is 6.01 Å². The molecular weight excluding hydrogens is 286 g/mol. The van der Waals surface area contributed by atoms with Crippen molar-refractivity contribution in [3.8, 4) is 22.9 Å². The highest BCUT2D eigenvalue weighted by Gasteiger charge is 2.07. The molecule has 0 aliphatic carbocycles. The third-order valence-electron chi connectivity index (χ3n) is 2.89. The molecular formula is C16H12ClN3O. The Balaban J connectivity index is 1.86. The van der Waals surface area contributed by atoms with Crippen LogP contribution in [0.1, 0.15) is 0 Å². The van der Waals surface area contributed by atoms with Crippen molar-refractivity contribution in [1.82, 2.24) is 9.97 Å². The van der Waals surface area contributed by atoms with E-state index >= 15 is 0 Å². The van der Waals surface area contributed by atoms with Crippen molar-refractivity contribution in [2.24, 2.45) is 0 Å². The van der Waals surface area contributed by atoms with Gasteiger partial charge in [0.2, 0.25) is 0 Å². The molecule has 0 saturated heterocycles. The van der Waals surface area contributed by atoms with Crippen LogP contribution in [0.25, 0.3) is 11.1 Å². The number of anilines is 1. The molecule has 1 heterocycles. The van der Waals surface area contributed by atoms with E-state index in [2.05, 4.69) is 9.97 Å². The van der Waals surface area contributed by atoms with Gasteiger partial charge in [0.25, 0.3) is 0 Å². The molecule has 3 rings (SSSR count). The molecule has 5 heteroatoms. The van der Waals surface area contributed by atoms with Crippen LogP contribution in [0.2, 0.25) is 5.02 Å². The molecule has 2 N–H and O–H groups in total. The minimum absolute atomic E-state index is 0.207. The summed E-state index contributed by atoms with van der Waals surface area (Å²) in [5, 5.41) is 0.497. The molecule has 0 amide bonds. The lowest BCUT2D eigenvalue weighted by Gasteiger charge is -2.08. The van der Waals surface area contributed by atoms with Crippen molar-refractivity contribution < 1.29 is 4.74 Å². The lowest BCUT2D eigenvalue weighted by atomic mass is 10.1. The first kappa shape index (κ1) is 13.4. The maximum Gasteiger partial charge on any atom is 0.322 e. The first-order chi connectivity index (χ1) is 10.2. The molecule has 0 aliphatic rings. The van der Waals surface area contributed by atoms with Crippen LogP contribution in [0.3, 0.4) is 0 Å². The Labute approximate surface area is 127 Å². The molecule has 2 aromatic carbocycles. The zero-order chi connectivity index (χ0) is 14.7. The maximum atomic E-state index is 6.26. The highest BCUT2D eigenvalue weighted by Crippen LogP contribution is 2.32. The number of hydrogen-bond donors (Lipinski definition) is 1. The average Bonchev–Trinajstić information content (AvgIpc) is 2.52. The molecule has 21 heavy (non-hydrogen) atoms. The molecule has 0 fully saturated rings. The Kier molecular flexibility index (Phi) is 3.71. The Morgan fingerprint density at radius 3 is 2.29 bits per heavy atom. The van der Waals surface area contributed by atoms with Crippen LogP contribution in [-0.2, 0) is 0 Å². The summed E-state index contributed by atoms with van der Waals surface area (Å²) in [6.07, 6.45) is 2.96. The van der Waals surface area contributed by atoms with Crippen LogP contribution >= 0.6 is 11.6 Å². The zero-order valence-corrected chi connectivity index (χ0v) is 11.8. The van der Waals surface area contributed by atoms with Gasteiger partial charge in [-0.2, -0.15) is 0 Å². The molecule has 0 radical (unpaired) electrons. The van der Waals surface area contributed by atoms with Crippen molar-refractivity contribution in [2.75, 3.05) is 5.73 Å². The van der Waals surface area contributed by atoms with Crippen LogP contribution in [0, 0.1) is 0 Å². The molecule has 0 bridgehead atoms. The fraction of sp³-hybridized carbons (Fsp3) is 0. The summed E-state index contributed by atoms with van der Waals surface area (Å²) in [7, 11) is 0. The molecule has 4 nitrogen and oxygen atoms in total. The fourth-order valence-corrected chi connectivity index (χ4v) is 2.09. The monoisotopic (exact) mass is 297 g/mol. The topological polar surface area (TPSA) is 61.0 Å². The second-order valence-electron chi connectivity index (χ2n) is 4.41. The fourth-order valence-electron chi connectivity index (χ4n) is 1.87. The first-order valence-corrected chi connectivity index (χ1v) is 6.70. The predicted molar refractivity (Wildman–Crippen MR) is 83.4 cm³/mol. The summed E-state index contributed by atoms with van der Waals surface area (Å²) in [5.74, 6) is 0.501. The molecule has 104 valence electrons. The van der Waals surface area contributed by atoms with Gasteiger partial charge in [0.15, 0.2) is 0 Å². The molecule has 0 atom stereocenters. The molecule has 0 unspecified atom stereocenters. The van der Waals surface area contributed by atoms with Gasteiger partial charge in [-0.25, -0.2) is 9.97 Å². The van der Waals surface area contributed by atoms with Gasteiger partial charge in [-0.3, -0.25) is 0 Å². The minimum Gasteiger partial charge on any atom is -0.423 e. The number of benzene rings is 2. The van der Waals surface area contributed by atoms with Crippen LogP contribution < -0.4 is 10.5 Å². The van der Waals surface area contributed by atoms with Crippen LogP contribution in [0.5, 0.6) is 11.8 Å². The first-order valence-electron chi connectivity index (χ1n) is 6.33. The number of nitrogens with two attached hydrogens (primary N) is 1. The smallest absolute Gasteiger partial charge is 0.322 e. The highest BCUT2D eigenvalue weighted by molar-refractivity contribution is 6.32. The zero-order valence-electron chi connectivity index (χ0n) is 11.0. The van der Waals surface area contributed by atoms with Crippen LogP contribution in [-0.4, -0.2) is 9.97 Å². The number of aromatic nitrogens is 2. The minimum atomic E-state index is 0.207. The third kappa shape index (κ3) is 3.12. The molecule has 3 aromatic rings. The van der Waals surface area contributed by atoms with Gasteiger partial charge in [0, 0.05) is 0 Å². The van der Waals surface area contributed by atoms with E-state index < -0.39 is 0 Å². The largest absolute Gasteiger partial charge is 0.423 e. The Bertz CT molecular complexity index is 745. The standard InChI is InChI=1S/C16H12ClN3O/c17-14-8-12(11-4-2-1-3-5-11)6-7-15(14)21-16-19-9-13(18)10-20-16/h1-10H,18H2. The van der Waals surface area contributed by atoms with Gasteiger partial charge in [-0.1, -0.05) is 48.0 Å². The number of nitrogens with zero attached hydrogens (tertiary/aromatic N) is 2. The third-order valence-corrected chi connectivity index (χ3v) is 3.18. The number of rotatable bonds is 3. The van der Waals surface area contributed by atoms with Crippen LogP contribution in [0.15, 0.2) is 60.9 Å². The molecule has 1 aromatic heterocycles. The molecule has 0 aliphatic heterocycles. The maximum absolute atomic E-state index is 6.26. The van der Waals surface area contributed by atoms with E-state index in [1.54, 1.807) is 6.07 Å². The van der Waals surface area contributed by atoms with E-state index in [1.807, 2.05) is 42.5 Å². The van der Waals surface area contributed by atoms with Gasteiger partial charge in [0.1, 0.15) is 5.75 Å². The number of hydrogen-bond acceptors (Lipinski definition) is 4. The normalized spacial score (nSPS) is 10.3. The molecule has 0 saturated carbocycles. The van der Waals surface area contributed by atoms with E-state index in [9.17, 15) is 0 Å². The van der Waals surface area contributed by atoms with Gasteiger partial charge < -0.3 is 10.5 Å². The average molecular weight is 298 g/mol. The Morgan fingerprint density at radius 1 is 0.905 bits per heavy atom. The van der Waals surface area contributed by atoms with Crippen molar-refractivity contribution in [2.45, 2.75) is 0 Å². The number of ether oxygens (including phenoxy) is 1. The summed E-state index contributed by atoms with van der Waals surface area (Å²) in [6.45, 7) is 0. The highest BCUT2D eigenvalue weighted by atomic mass is 35.5. The van der Waals surface area contributed by atoms with E-state index in [0.29, 0.717) is 16.5 Å². The lowest BCUT2D eigenvalue weighted by molar-refractivity contribution is 0.442. The quantitative estimate of drug-likeness (QED) is 0.788. The second kappa shape index (κ2) is 5.81. The van der Waals surface area contributed by atoms with E-state index in [1.165, 1.54) is 12.4 Å². The summed E-state index contributed by atoms with van der Waals surface area (Å²) >= 11 is 6.26. The summed E-state index contributed by atoms with van der Waals surface area (Å²) in [5.41, 5.74) is 8.12. The van der Waals surface area contributed by atoms with Crippen molar-refractivity contribution >= 4 is 17.3 Å². The summed E-state index contributed by atoms with van der Waals surface area (Å²) in [6, 6.07) is 15.8. The summed E-state index contributed by atoms with van der Waals surface area (Å²) < 4.78 is 5.55. The van der Waals surface area contributed by atoms with Crippen LogP contribution in [0.4, 0.5) is 5.69 Å². The SMILES string of the molecule is Nc1cnc(Oc2ccc(-c3ccccc3)cc2Cl)nc1. The van der Waals surface area contributed by atoms with Gasteiger partial charge in [-0.05, 0) is 23.3 Å². The summed E-state index contributed by atoms with van der Waals surface area (Å²) in [4.78, 5) is 7.96. The van der Waals surface area contributed by atoms with Crippen molar-refractivity contribution in [1.29, 1.82) is 0 Å². The second-order valence-corrected chi connectivity index (χ2v) is 4.82. The number of nitrogen functional groups attached to an aromatic ring is 1. The lowest BCUT2D eigenvalue weighted by Crippen LogP contribution is -1.94. The van der Waals surface area contributed by atoms with Crippen molar-refractivity contribution in [3.63, 3.8) is 0 Å².